The summed E-state index contributed by atoms with van der Waals surface area (Å²) in [6, 6.07) is 33.3. The number of halogens is 1. The van der Waals surface area contributed by atoms with Gasteiger partial charge in [-0.3, -0.25) is 0 Å². The van der Waals surface area contributed by atoms with E-state index in [4.69, 9.17) is 4.74 Å². The van der Waals surface area contributed by atoms with Crippen LogP contribution in [0, 0.1) is 0 Å². The summed E-state index contributed by atoms with van der Waals surface area (Å²) in [7, 11) is -3.43. The Morgan fingerprint density at radius 1 is 0.741 bits per heavy atom. The average molecular weight is 534 g/mol. The second-order valence-corrected chi connectivity index (χ2v) is 27.1. The van der Waals surface area contributed by atoms with Crippen molar-refractivity contribution in [3.63, 3.8) is 0 Å². The zero-order chi connectivity index (χ0) is 19.2. The van der Waals surface area contributed by atoms with Gasteiger partial charge >= 0.3 is 176 Å². The Hall–Kier alpha value is -1.09. The Balaban J connectivity index is 2.29. The van der Waals surface area contributed by atoms with Crippen molar-refractivity contribution >= 4 is 42.3 Å². The van der Waals surface area contributed by atoms with Gasteiger partial charge in [-0.15, -0.1) is 0 Å². The fourth-order valence-corrected chi connectivity index (χ4v) is 22.2. The Morgan fingerprint density at radius 2 is 1.11 bits per heavy atom. The third-order valence-electron chi connectivity index (χ3n) is 5.09. The summed E-state index contributed by atoms with van der Waals surface area (Å²) >= 11 is 2.87. The van der Waals surface area contributed by atoms with E-state index < -0.39 is 9.10 Å². The van der Waals surface area contributed by atoms with Gasteiger partial charge in [-0.05, 0) is 0 Å². The first-order chi connectivity index (χ1) is 13.1. The van der Waals surface area contributed by atoms with Crippen LogP contribution in [0.5, 0.6) is 0 Å². The minimum atomic E-state index is -3.43. The summed E-state index contributed by atoms with van der Waals surface area (Å²) in [5.41, 5.74) is 0. The van der Waals surface area contributed by atoms with Crippen LogP contribution in [-0.4, -0.2) is 21.8 Å². The summed E-state index contributed by atoms with van der Waals surface area (Å²) in [4.78, 5) is 0. The molecule has 0 aliphatic heterocycles. The van der Waals surface area contributed by atoms with Crippen LogP contribution in [0.2, 0.25) is 5.21 Å². The number of hydrogen-bond acceptors (Lipinski definition) is 1. The van der Waals surface area contributed by atoms with Gasteiger partial charge in [0.05, 0.1) is 0 Å². The topological polar surface area (TPSA) is 9.23 Å². The normalized spacial score (nSPS) is 14.3. The van der Waals surface area contributed by atoms with Gasteiger partial charge in [0.25, 0.3) is 0 Å². The molecular weight excluding hydrogens is 506 g/mol. The SMILES string of the molecule is CCCOC(C)C[As](I)(c1ccccc1)(c1ccccc1)c1ccccc1. The van der Waals surface area contributed by atoms with E-state index in [-0.39, 0.29) is 6.10 Å². The van der Waals surface area contributed by atoms with Crippen molar-refractivity contribution in [3.05, 3.63) is 91.0 Å². The molecule has 0 fully saturated rings. The van der Waals surface area contributed by atoms with E-state index in [0.717, 1.165) is 18.2 Å². The average Bonchev–Trinajstić information content (AvgIpc) is 2.74. The molecule has 1 nitrogen and oxygen atoms in total. The van der Waals surface area contributed by atoms with Gasteiger partial charge in [0.15, 0.2) is 0 Å². The molecule has 27 heavy (non-hydrogen) atoms. The molecule has 0 saturated carbocycles. The summed E-state index contributed by atoms with van der Waals surface area (Å²) in [5.74, 6) is 0. The van der Waals surface area contributed by atoms with Crippen molar-refractivity contribution in [2.24, 2.45) is 0 Å². The number of hydrogen-bond donors (Lipinski definition) is 0. The van der Waals surface area contributed by atoms with E-state index in [2.05, 4.69) is 125 Å². The molecule has 3 rings (SSSR count). The molecule has 1 unspecified atom stereocenters. The first-order valence-electron chi connectivity index (χ1n) is 9.61. The van der Waals surface area contributed by atoms with Crippen LogP contribution in [0.1, 0.15) is 20.3 Å². The molecule has 0 radical (unpaired) electrons. The molecule has 142 valence electrons. The van der Waals surface area contributed by atoms with Crippen LogP contribution < -0.4 is 13.1 Å². The predicted octanol–water partition coefficient (Wildman–Crippen LogP) is 4.86. The first kappa shape index (κ1) is 20.6. The second kappa shape index (κ2) is 8.94. The summed E-state index contributed by atoms with van der Waals surface area (Å²) in [6.07, 6.45) is 1.25. The van der Waals surface area contributed by atoms with Gasteiger partial charge in [-0.25, -0.2) is 0 Å². The predicted molar refractivity (Wildman–Crippen MR) is 129 cm³/mol. The van der Waals surface area contributed by atoms with Crippen molar-refractivity contribution in [2.75, 3.05) is 6.61 Å². The molecule has 0 aliphatic carbocycles. The molecule has 0 amide bonds. The molecule has 0 bridgehead atoms. The molecule has 0 N–H and O–H groups in total. The fourth-order valence-electron chi connectivity index (χ4n) is 3.83. The number of ether oxygens (including phenoxy) is 1. The van der Waals surface area contributed by atoms with Crippen molar-refractivity contribution in [3.8, 4) is 0 Å². The second-order valence-electron chi connectivity index (χ2n) is 7.05. The first-order valence-corrected chi connectivity index (χ1v) is 19.5. The molecule has 1 atom stereocenters. The van der Waals surface area contributed by atoms with Crippen molar-refractivity contribution in [1.29, 1.82) is 0 Å². The third kappa shape index (κ3) is 4.04. The Labute approximate surface area is 175 Å². The van der Waals surface area contributed by atoms with Crippen LogP contribution in [0.3, 0.4) is 0 Å². The molecule has 0 aliphatic rings. The summed E-state index contributed by atoms with van der Waals surface area (Å²) in [6.45, 7) is 5.23. The molecule has 0 heterocycles. The van der Waals surface area contributed by atoms with Gasteiger partial charge in [0, 0.05) is 0 Å². The van der Waals surface area contributed by atoms with Crippen LogP contribution in [0.15, 0.2) is 91.0 Å². The maximum absolute atomic E-state index is 6.22. The van der Waals surface area contributed by atoms with Gasteiger partial charge < -0.3 is 0 Å². The van der Waals surface area contributed by atoms with Crippen molar-refractivity contribution < 1.29 is 4.74 Å². The van der Waals surface area contributed by atoms with Gasteiger partial charge in [-0.2, -0.15) is 0 Å². The molecule has 3 aromatic carbocycles. The number of rotatable bonds is 8. The van der Waals surface area contributed by atoms with Crippen LogP contribution >= 0.6 is 20.1 Å². The molecular formula is C24H28AsIO. The van der Waals surface area contributed by atoms with Crippen molar-refractivity contribution in [2.45, 2.75) is 31.6 Å². The molecule has 3 aromatic rings. The Kier molecular flexibility index (Phi) is 6.83. The molecule has 0 aromatic heterocycles. The van der Waals surface area contributed by atoms with E-state index in [9.17, 15) is 0 Å². The fraction of sp³-hybridized carbons (Fsp3) is 0.250. The summed E-state index contributed by atoms with van der Waals surface area (Å²) in [5, 5.41) is 1.04. The van der Waals surface area contributed by atoms with E-state index in [1.807, 2.05) is 0 Å². The van der Waals surface area contributed by atoms with E-state index in [0.29, 0.717) is 0 Å². The van der Waals surface area contributed by atoms with Crippen LogP contribution in [0.25, 0.3) is 0 Å². The monoisotopic (exact) mass is 534 g/mol. The molecule has 0 saturated heterocycles. The molecule has 0 spiro atoms. The summed E-state index contributed by atoms with van der Waals surface area (Å²) < 4.78 is 10.6. The van der Waals surface area contributed by atoms with Gasteiger partial charge in [0.1, 0.15) is 0 Å². The Morgan fingerprint density at radius 3 is 1.44 bits per heavy atom. The zero-order valence-corrected chi connectivity index (χ0v) is 20.1. The number of benzene rings is 3. The van der Waals surface area contributed by atoms with Gasteiger partial charge in [-0.1, -0.05) is 0 Å². The quantitative estimate of drug-likeness (QED) is 0.297. The van der Waals surface area contributed by atoms with Crippen LogP contribution in [-0.2, 0) is 4.74 Å². The van der Waals surface area contributed by atoms with Gasteiger partial charge in [0.2, 0.25) is 0 Å². The Bertz CT molecular complexity index is 737. The standard InChI is InChI=1S/C24H28AsIO/c1-3-19-27-21(2)20-25(26,22-13-7-4-8-14-22,23-15-9-5-10-16-23)24-17-11-6-12-18-24/h4-18,21H,3,19-20H2,1-2H3. The van der Waals surface area contributed by atoms with E-state index in [1.54, 1.807) is 0 Å². The maximum atomic E-state index is 6.22. The third-order valence-corrected chi connectivity index (χ3v) is 27.0. The zero-order valence-electron chi connectivity index (χ0n) is 16.1. The van der Waals surface area contributed by atoms with Crippen LogP contribution in [0.4, 0.5) is 0 Å². The molecule has 3 heteroatoms. The van der Waals surface area contributed by atoms with E-state index in [1.165, 1.54) is 13.1 Å². The van der Waals surface area contributed by atoms with Crippen molar-refractivity contribution in [1.82, 2.24) is 0 Å². The minimum absolute atomic E-state index is 0.202. The van der Waals surface area contributed by atoms with E-state index >= 15 is 0 Å².